The number of benzene rings is 1. The second-order valence-corrected chi connectivity index (χ2v) is 4.01. The van der Waals surface area contributed by atoms with Crippen molar-refractivity contribution in [2.24, 2.45) is 0 Å². The number of nitrogens with zero attached hydrogens (tertiary/aromatic N) is 3. The molecule has 2 heterocycles. The smallest absolute Gasteiger partial charge is 0.358 e. The van der Waals surface area contributed by atoms with E-state index in [0.29, 0.717) is 22.7 Å². The number of hydrogen-bond donors (Lipinski definition) is 1. The van der Waals surface area contributed by atoms with Gasteiger partial charge in [0.25, 0.3) is 0 Å². The molecule has 0 bridgehead atoms. The van der Waals surface area contributed by atoms with Gasteiger partial charge in [-0.2, -0.15) is 0 Å². The van der Waals surface area contributed by atoms with E-state index in [4.69, 9.17) is 0 Å². The van der Waals surface area contributed by atoms with Gasteiger partial charge in [-0.3, -0.25) is 0 Å². The first kappa shape index (κ1) is 12.2. The van der Waals surface area contributed by atoms with Gasteiger partial charge in [-0.05, 0) is 24.3 Å². The van der Waals surface area contributed by atoms with Crippen molar-refractivity contribution in [3.63, 3.8) is 0 Å². The summed E-state index contributed by atoms with van der Waals surface area (Å²) in [5.41, 5.74) is 1.53. The molecule has 0 atom stereocenters. The van der Waals surface area contributed by atoms with Crippen molar-refractivity contribution >= 4 is 17.3 Å². The normalized spacial score (nSPS) is 10.7. The van der Waals surface area contributed by atoms with E-state index in [1.807, 2.05) is 0 Å². The Bertz CT molecular complexity index is 783. The Morgan fingerprint density at radius 2 is 2.00 bits per heavy atom. The van der Waals surface area contributed by atoms with E-state index in [9.17, 15) is 9.18 Å². The number of nitrogens with one attached hydrogen (secondary N) is 1. The quantitative estimate of drug-likeness (QED) is 0.721. The number of carbonyl (C=O) groups is 1. The largest absolute Gasteiger partial charge is 0.464 e. The summed E-state index contributed by atoms with van der Waals surface area (Å²) in [7, 11) is 1.27. The molecule has 3 rings (SSSR count). The zero-order valence-electron chi connectivity index (χ0n) is 10.4. The lowest BCUT2D eigenvalue weighted by Crippen LogP contribution is -2.04. The van der Waals surface area contributed by atoms with Gasteiger partial charge in [0.05, 0.1) is 13.3 Å². The maximum atomic E-state index is 12.9. The monoisotopic (exact) mass is 272 g/mol. The van der Waals surface area contributed by atoms with Crippen LogP contribution in [0.1, 0.15) is 10.5 Å². The number of carbonyl (C=O) groups excluding carboxylic acids is 1. The Kier molecular flexibility index (Phi) is 2.86. The minimum Gasteiger partial charge on any atom is -0.464 e. The second kappa shape index (κ2) is 4.69. The molecule has 7 heteroatoms. The van der Waals surface area contributed by atoms with Gasteiger partial charge in [-0.1, -0.05) is 0 Å². The first-order chi connectivity index (χ1) is 9.67. The van der Waals surface area contributed by atoms with Gasteiger partial charge < -0.3 is 9.72 Å². The fourth-order valence-electron chi connectivity index (χ4n) is 1.74. The average Bonchev–Trinajstić information content (AvgIpc) is 2.90. The number of imidazole rings is 1. The number of hydrogen-bond acceptors (Lipinski definition) is 5. The van der Waals surface area contributed by atoms with Crippen LogP contribution < -0.4 is 0 Å². The topological polar surface area (TPSA) is 80.8 Å². The van der Waals surface area contributed by atoms with Crippen LogP contribution in [0, 0.1) is 5.82 Å². The summed E-state index contributed by atoms with van der Waals surface area (Å²) in [5, 5.41) is 0. The lowest BCUT2D eigenvalue weighted by atomic mass is 10.2. The summed E-state index contributed by atoms with van der Waals surface area (Å²) in [6.45, 7) is 0. The number of halogens is 1. The van der Waals surface area contributed by atoms with Crippen LogP contribution in [-0.4, -0.2) is 33.0 Å². The molecule has 0 saturated carbocycles. The van der Waals surface area contributed by atoms with E-state index >= 15 is 0 Å². The highest BCUT2D eigenvalue weighted by molar-refractivity contribution is 5.88. The molecule has 0 amide bonds. The molecule has 0 aliphatic heterocycles. The van der Waals surface area contributed by atoms with E-state index in [1.54, 1.807) is 12.1 Å². The predicted molar refractivity (Wildman–Crippen MR) is 68.4 cm³/mol. The van der Waals surface area contributed by atoms with Crippen molar-refractivity contribution in [1.82, 2.24) is 19.9 Å². The number of H-pyrrole nitrogens is 1. The van der Waals surface area contributed by atoms with E-state index < -0.39 is 5.97 Å². The zero-order valence-corrected chi connectivity index (χ0v) is 10.4. The molecule has 0 fully saturated rings. The molecule has 20 heavy (non-hydrogen) atoms. The number of aromatic nitrogens is 4. The number of fused-ring (bicyclic) bond motifs is 1. The van der Waals surface area contributed by atoms with Gasteiger partial charge in [0, 0.05) is 5.56 Å². The van der Waals surface area contributed by atoms with Crippen molar-refractivity contribution in [3.8, 4) is 11.4 Å². The number of methoxy groups -OCH3 is 1. The van der Waals surface area contributed by atoms with Crippen molar-refractivity contribution < 1.29 is 13.9 Å². The third-order valence-electron chi connectivity index (χ3n) is 2.72. The number of esters is 1. The predicted octanol–water partition coefficient (Wildman–Crippen LogP) is 1.95. The Balaban J connectivity index is 2.06. The molecule has 0 aliphatic rings. The van der Waals surface area contributed by atoms with Gasteiger partial charge in [0.15, 0.2) is 17.0 Å². The maximum Gasteiger partial charge on any atom is 0.358 e. The van der Waals surface area contributed by atoms with Crippen LogP contribution in [0.2, 0.25) is 0 Å². The summed E-state index contributed by atoms with van der Waals surface area (Å²) in [4.78, 5) is 26.7. The molecule has 0 aliphatic carbocycles. The molecule has 6 nitrogen and oxygen atoms in total. The van der Waals surface area contributed by atoms with E-state index in [0.717, 1.165) is 0 Å². The molecule has 0 unspecified atom stereocenters. The third-order valence-corrected chi connectivity index (χ3v) is 2.72. The molecule has 1 aromatic carbocycles. The lowest BCUT2D eigenvalue weighted by Gasteiger charge is -1.96. The van der Waals surface area contributed by atoms with Gasteiger partial charge >= 0.3 is 5.97 Å². The highest BCUT2D eigenvalue weighted by Gasteiger charge is 2.12. The fraction of sp³-hybridized carbons (Fsp3) is 0.0769. The highest BCUT2D eigenvalue weighted by Crippen LogP contribution is 2.18. The van der Waals surface area contributed by atoms with Crippen LogP contribution in [-0.2, 0) is 4.74 Å². The molecule has 2 aromatic heterocycles. The third kappa shape index (κ3) is 2.09. The van der Waals surface area contributed by atoms with Crippen LogP contribution >= 0.6 is 0 Å². The fourth-order valence-corrected chi connectivity index (χ4v) is 1.74. The summed E-state index contributed by atoms with van der Waals surface area (Å²) in [6, 6.07) is 5.86. The van der Waals surface area contributed by atoms with Crippen molar-refractivity contribution in [2.75, 3.05) is 7.11 Å². The minimum absolute atomic E-state index is 0.0920. The molecule has 3 aromatic rings. The Hall–Kier alpha value is -2.83. The van der Waals surface area contributed by atoms with Crippen LogP contribution in [0.4, 0.5) is 4.39 Å². The van der Waals surface area contributed by atoms with Crippen LogP contribution in [0.15, 0.2) is 30.5 Å². The SMILES string of the molecule is COC(=O)c1cnc2nc(-c3ccc(F)cc3)[nH]c2n1. The summed E-state index contributed by atoms with van der Waals surface area (Å²) in [5.74, 6) is -0.395. The molecule has 0 saturated heterocycles. The van der Waals surface area contributed by atoms with Crippen molar-refractivity contribution in [1.29, 1.82) is 0 Å². The number of aromatic amines is 1. The average molecular weight is 272 g/mol. The molecule has 1 N–H and O–H groups in total. The molecule has 0 radical (unpaired) electrons. The van der Waals surface area contributed by atoms with Gasteiger partial charge in [0.1, 0.15) is 11.6 Å². The first-order valence-corrected chi connectivity index (χ1v) is 5.74. The van der Waals surface area contributed by atoms with Gasteiger partial charge in [-0.15, -0.1) is 0 Å². The zero-order chi connectivity index (χ0) is 14.1. The Morgan fingerprint density at radius 1 is 1.25 bits per heavy atom. The summed E-state index contributed by atoms with van der Waals surface area (Å²) in [6.07, 6.45) is 1.30. The number of ether oxygens (including phenoxy) is 1. The van der Waals surface area contributed by atoms with Crippen LogP contribution in [0.25, 0.3) is 22.7 Å². The Morgan fingerprint density at radius 3 is 2.70 bits per heavy atom. The number of rotatable bonds is 2. The van der Waals surface area contributed by atoms with E-state index in [2.05, 4.69) is 24.7 Å². The van der Waals surface area contributed by atoms with Crippen molar-refractivity contribution in [3.05, 3.63) is 42.0 Å². The summed E-state index contributed by atoms with van der Waals surface area (Å²) < 4.78 is 17.5. The first-order valence-electron chi connectivity index (χ1n) is 5.74. The second-order valence-electron chi connectivity index (χ2n) is 4.01. The molecular weight excluding hydrogens is 263 g/mol. The van der Waals surface area contributed by atoms with Crippen molar-refractivity contribution in [2.45, 2.75) is 0 Å². The minimum atomic E-state index is -0.572. The highest BCUT2D eigenvalue weighted by atomic mass is 19.1. The van der Waals surface area contributed by atoms with E-state index in [-0.39, 0.29) is 11.5 Å². The standard InChI is InChI=1S/C13H9FN4O2/c1-20-13(19)9-6-15-11-12(16-9)18-10(17-11)7-2-4-8(14)5-3-7/h2-6H,1H3,(H,15,16,17,18). The summed E-state index contributed by atoms with van der Waals surface area (Å²) >= 11 is 0. The maximum absolute atomic E-state index is 12.9. The molecule has 100 valence electrons. The van der Waals surface area contributed by atoms with Gasteiger partial charge in [0.2, 0.25) is 0 Å². The van der Waals surface area contributed by atoms with Crippen LogP contribution in [0.3, 0.4) is 0 Å². The van der Waals surface area contributed by atoms with E-state index in [1.165, 1.54) is 25.4 Å². The van der Waals surface area contributed by atoms with Gasteiger partial charge in [-0.25, -0.2) is 24.1 Å². The molecule has 0 spiro atoms. The van der Waals surface area contributed by atoms with Crippen LogP contribution in [0.5, 0.6) is 0 Å². The Labute approximate surface area is 112 Å². The molecular formula is C13H9FN4O2. The lowest BCUT2D eigenvalue weighted by molar-refractivity contribution is 0.0594.